The van der Waals surface area contributed by atoms with Crippen LogP contribution < -0.4 is 16.0 Å². The van der Waals surface area contributed by atoms with Crippen LogP contribution in [-0.4, -0.2) is 37.0 Å². The van der Waals surface area contributed by atoms with Gasteiger partial charge in [-0.2, -0.15) is 4.99 Å². The number of benzene rings is 2. The van der Waals surface area contributed by atoms with E-state index in [2.05, 4.69) is 26.1 Å². The second-order valence-corrected chi connectivity index (χ2v) is 6.51. The van der Waals surface area contributed by atoms with Gasteiger partial charge in [0, 0.05) is 31.3 Å². The van der Waals surface area contributed by atoms with Crippen LogP contribution in [0.5, 0.6) is 0 Å². The fraction of sp³-hybridized carbons (Fsp3) is 0.182. The minimum Gasteiger partial charge on any atom is -0.359 e. The lowest BCUT2D eigenvalue weighted by molar-refractivity contribution is 0.103. The number of nitrogens with zero attached hydrogens (tertiary/aromatic N) is 2. The zero-order valence-corrected chi connectivity index (χ0v) is 16.9. The number of carbonyl (C=O) groups is 1. The number of aryl methyl sites for hydroxylation is 2. The lowest BCUT2D eigenvalue weighted by Gasteiger charge is -2.07. The first-order chi connectivity index (χ1) is 14.6. The molecule has 0 bridgehead atoms. The minimum atomic E-state index is 0.00902. The normalized spacial score (nSPS) is 11.1. The third-order valence-electron chi connectivity index (χ3n) is 4.39. The van der Waals surface area contributed by atoms with Crippen LogP contribution in [0.2, 0.25) is 0 Å². The number of aliphatic imine (C=N–C) groups is 1. The molecule has 0 radical (unpaired) electrons. The topological polar surface area (TPSA) is 115 Å². The Balaban J connectivity index is 1.64. The molecule has 8 nitrogen and oxygen atoms in total. The smallest absolute Gasteiger partial charge is 0.253 e. The molecule has 3 rings (SSSR count). The average Bonchev–Trinajstić information content (AvgIpc) is 3.24. The Bertz CT molecular complexity index is 1040. The molecule has 4 N–H and O–H groups in total. The maximum Gasteiger partial charge on any atom is 0.253 e. The van der Waals surface area contributed by atoms with Crippen molar-refractivity contribution in [3.8, 4) is 0 Å². The summed E-state index contributed by atoms with van der Waals surface area (Å²) in [4.78, 5) is 16.9. The van der Waals surface area contributed by atoms with Crippen LogP contribution in [0.15, 0.2) is 70.2 Å². The van der Waals surface area contributed by atoms with E-state index >= 15 is 0 Å². The number of aromatic nitrogens is 1. The van der Waals surface area contributed by atoms with Crippen molar-refractivity contribution in [2.24, 2.45) is 4.99 Å². The van der Waals surface area contributed by atoms with Crippen LogP contribution in [0.4, 0.5) is 5.88 Å². The highest BCUT2D eigenvalue weighted by Crippen LogP contribution is 2.17. The third-order valence-corrected chi connectivity index (χ3v) is 4.39. The van der Waals surface area contributed by atoms with E-state index in [1.165, 1.54) is 0 Å². The summed E-state index contributed by atoms with van der Waals surface area (Å²) in [5.41, 5.74) is 3.15. The Kier molecular flexibility index (Phi) is 6.94. The van der Waals surface area contributed by atoms with E-state index in [0.29, 0.717) is 35.8 Å². The molecule has 2 aromatic carbocycles. The van der Waals surface area contributed by atoms with Gasteiger partial charge in [-0.25, -0.2) is 0 Å². The maximum absolute atomic E-state index is 12.6. The minimum absolute atomic E-state index is 0.00902. The van der Waals surface area contributed by atoms with Crippen molar-refractivity contribution in [3.63, 3.8) is 0 Å². The summed E-state index contributed by atoms with van der Waals surface area (Å²) in [5.74, 6) is 0.811. The standard InChI is InChI=1S/C22H24N6O2/c1-24-21(23)27-22(25-2)26-19-14-18(28-30-19)12-11-15-7-6-10-17(13-15)20(29)16-8-4-3-5-9-16/h3-10,13-14H,11-12H2,1-2H3,(H4,23,24,25,26,27). The van der Waals surface area contributed by atoms with E-state index in [9.17, 15) is 4.79 Å². The van der Waals surface area contributed by atoms with Crippen LogP contribution in [0, 0.1) is 5.41 Å². The fourth-order valence-electron chi connectivity index (χ4n) is 2.81. The molecule has 0 aliphatic heterocycles. The molecule has 30 heavy (non-hydrogen) atoms. The Labute approximate surface area is 174 Å². The fourth-order valence-corrected chi connectivity index (χ4v) is 2.81. The lowest BCUT2D eigenvalue weighted by Crippen LogP contribution is -2.43. The summed E-state index contributed by atoms with van der Waals surface area (Å²) in [6, 6.07) is 18.6. The van der Waals surface area contributed by atoms with Gasteiger partial charge in [0.25, 0.3) is 5.88 Å². The summed E-state index contributed by atoms with van der Waals surface area (Å²) >= 11 is 0. The van der Waals surface area contributed by atoms with Crippen LogP contribution in [0.25, 0.3) is 0 Å². The highest BCUT2D eigenvalue weighted by molar-refractivity contribution is 6.09. The summed E-state index contributed by atoms with van der Waals surface area (Å²) in [5, 5.41) is 19.9. The number of nitrogens with one attached hydrogen (secondary N) is 4. The van der Waals surface area contributed by atoms with Crippen molar-refractivity contribution in [2.45, 2.75) is 12.8 Å². The maximum atomic E-state index is 12.6. The number of hydrogen-bond acceptors (Lipinski definition) is 5. The van der Waals surface area contributed by atoms with Gasteiger partial charge in [0.05, 0.1) is 5.69 Å². The van der Waals surface area contributed by atoms with E-state index in [4.69, 9.17) is 9.93 Å². The molecule has 3 aromatic rings. The van der Waals surface area contributed by atoms with Crippen molar-refractivity contribution in [1.29, 1.82) is 5.41 Å². The molecule has 154 valence electrons. The number of rotatable bonds is 6. The Morgan fingerprint density at radius 2 is 1.77 bits per heavy atom. The van der Waals surface area contributed by atoms with Crippen molar-refractivity contribution in [1.82, 2.24) is 21.1 Å². The first-order valence-electron chi connectivity index (χ1n) is 9.53. The van der Waals surface area contributed by atoms with Crippen LogP contribution >= 0.6 is 0 Å². The predicted octanol–water partition coefficient (Wildman–Crippen LogP) is 2.64. The van der Waals surface area contributed by atoms with Gasteiger partial charge in [-0.05, 0) is 24.5 Å². The molecule has 0 spiro atoms. The number of ketones is 1. The number of hydrogen-bond donors (Lipinski definition) is 4. The highest BCUT2D eigenvalue weighted by atomic mass is 16.5. The van der Waals surface area contributed by atoms with Gasteiger partial charge in [-0.3, -0.25) is 15.5 Å². The SMILES string of the molecule is CNC(=N)NC(=Nc1cc(CCc2cccc(C(=O)c3ccccc3)c2)no1)NC. The molecule has 8 heteroatoms. The van der Waals surface area contributed by atoms with E-state index in [0.717, 1.165) is 11.3 Å². The lowest BCUT2D eigenvalue weighted by atomic mass is 9.99. The molecule has 1 aromatic heterocycles. The van der Waals surface area contributed by atoms with Gasteiger partial charge in [0.1, 0.15) is 0 Å². The Morgan fingerprint density at radius 3 is 2.50 bits per heavy atom. The van der Waals surface area contributed by atoms with Crippen molar-refractivity contribution in [2.75, 3.05) is 14.1 Å². The molecule has 0 amide bonds. The largest absolute Gasteiger partial charge is 0.359 e. The van der Waals surface area contributed by atoms with Gasteiger partial charge in [0.2, 0.25) is 5.96 Å². The molecule has 0 aliphatic carbocycles. The molecule has 0 unspecified atom stereocenters. The van der Waals surface area contributed by atoms with Gasteiger partial charge in [-0.1, -0.05) is 53.7 Å². The van der Waals surface area contributed by atoms with Crippen LogP contribution in [0.1, 0.15) is 27.2 Å². The Morgan fingerprint density at radius 1 is 1.00 bits per heavy atom. The molecule has 0 aliphatic rings. The summed E-state index contributed by atoms with van der Waals surface area (Å²) < 4.78 is 5.26. The quantitative estimate of drug-likeness (QED) is 0.285. The van der Waals surface area contributed by atoms with E-state index in [-0.39, 0.29) is 11.7 Å². The Hall–Kier alpha value is -3.94. The molecule has 0 fully saturated rings. The monoisotopic (exact) mass is 404 g/mol. The van der Waals surface area contributed by atoms with Crippen LogP contribution in [0.3, 0.4) is 0 Å². The summed E-state index contributed by atoms with van der Waals surface area (Å²) in [7, 11) is 3.33. The third kappa shape index (κ3) is 5.54. The van der Waals surface area contributed by atoms with Gasteiger partial charge < -0.3 is 15.2 Å². The van der Waals surface area contributed by atoms with Crippen molar-refractivity contribution in [3.05, 3.63) is 83.0 Å². The molecular formula is C22H24N6O2. The van der Waals surface area contributed by atoms with E-state index < -0.39 is 0 Å². The number of guanidine groups is 2. The van der Waals surface area contributed by atoms with Gasteiger partial charge >= 0.3 is 0 Å². The van der Waals surface area contributed by atoms with Gasteiger partial charge in [0.15, 0.2) is 11.7 Å². The number of carbonyl (C=O) groups excluding carboxylic acids is 1. The average molecular weight is 404 g/mol. The second kappa shape index (κ2) is 10.0. The molecule has 0 atom stereocenters. The summed E-state index contributed by atoms with van der Waals surface area (Å²) in [6.45, 7) is 0. The van der Waals surface area contributed by atoms with Gasteiger partial charge in [-0.15, -0.1) is 0 Å². The van der Waals surface area contributed by atoms with Crippen molar-refractivity contribution >= 4 is 23.6 Å². The molecular weight excluding hydrogens is 380 g/mol. The first kappa shape index (κ1) is 20.8. The molecule has 0 saturated carbocycles. The van der Waals surface area contributed by atoms with Crippen molar-refractivity contribution < 1.29 is 9.32 Å². The molecule has 0 saturated heterocycles. The zero-order chi connectivity index (χ0) is 21.3. The van der Waals surface area contributed by atoms with E-state index in [1.54, 1.807) is 20.2 Å². The second-order valence-electron chi connectivity index (χ2n) is 6.51. The summed E-state index contributed by atoms with van der Waals surface area (Å²) in [6.07, 6.45) is 1.36. The predicted molar refractivity (Wildman–Crippen MR) is 116 cm³/mol. The molecule has 1 heterocycles. The van der Waals surface area contributed by atoms with Crippen LogP contribution in [-0.2, 0) is 12.8 Å². The zero-order valence-electron chi connectivity index (χ0n) is 16.9. The van der Waals surface area contributed by atoms with E-state index in [1.807, 2.05) is 54.6 Å². The first-order valence-corrected chi connectivity index (χ1v) is 9.53. The highest BCUT2D eigenvalue weighted by Gasteiger charge is 2.10.